The predicted octanol–water partition coefficient (Wildman–Crippen LogP) is 5.59. The van der Waals surface area contributed by atoms with E-state index >= 15 is 0 Å². The van der Waals surface area contributed by atoms with Crippen LogP contribution in [0.15, 0.2) is 42.7 Å². The van der Waals surface area contributed by atoms with Crippen LogP contribution in [0.1, 0.15) is 49.9 Å². The second-order valence-corrected chi connectivity index (χ2v) is 11.7. The zero-order chi connectivity index (χ0) is 30.1. The number of anilines is 1. The van der Waals surface area contributed by atoms with Crippen LogP contribution in [0.5, 0.6) is 5.75 Å². The van der Waals surface area contributed by atoms with Crippen LogP contribution in [0.2, 0.25) is 0 Å². The second-order valence-electron chi connectivity index (χ2n) is 11.7. The first kappa shape index (κ1) is 29.4. The van der Waals surface area contributed by atoms with Gasteiger partial charge in [-0.05, 0) is 45.2 Å². The van der Waals surface area contributed by atoms with E-state index < -0.39 is 11.9 Å². The van der Waals surface area contributed by atoms with Crippen LogP contribution < -0.4 is 10.1 Å². The quantitative estimate of drug-likeness (QED) is 0.284. The molecule has 0 unspecified atom stereocenters. The van der Waals surface area contributed by atoms with Gasteiger partial charge in [-0.15, -0.1) is 0 Å². The molecule has 0 radical (unpaired) electrons. The summed E-state index contributed by atoms with van der Waals surface area (Å²) in [5.74, 6) is 0.584. The molecule has 1 aromatic carbocycles. The first-order valence-corrected chi connectivity index (χ1v) is 15.1. The Morgan fingerprint density at radius 2 is 1.70 bits per heavy atom. The number of piperazine rings is 1. The summed E-state index contributed by atoms with van der Waals surface area (Å²) in [6, 6.07) is 10.8. The van der Waals surface area contributed by atoms with Crippen molar-refractivity contribution in [3.05, 3.63) is 54.0 Å². The number of ether oxygens (including phenoxy) is 1. The number of nitrogens with one attached hydrogen (secondary N) is 1. The third-order valence-electron chi connectivity index (χ3n) is 8.64. The lowest BCUT2D eigenvalue weighted by molar-refractivity contribution is -0.145. The van der Waals surface area contributed by atoms with E-state index in [0.29, 0.717) is 12.8 Å². The lowest BCUT2D eigenvalue weighted by Gasteiger charge is -2.32. The number of hydrogen-bond donors (Lipinski definition) is 1. The molecule has 230 valence electrons. The van der Waals surface area contributed by atoms with Gasteiger partial charge in [-0.2, -0.15) is 23.4 Å². The molecule has 1 aliphatic carbocycles. The van der Waals surface area contributed by atoms with Gasteiger partial charge in [0.2, 0.25) is 0 Å². The number of likely N-dealkylation sites (N-methyl/N-ethyl adjacent to an activating group) is 1. The van der Waals surface area contributed by atoms with E-state index in [0.717, 1.165) is 91.0 Å². The molecule has 0 spiro atoms. The maximum atomic E-state index is 13.5. The topological polar surface area (TPSA) is 76.3 Å². The fraction of sp³-hybridized carbons (Fsp3) is 0.516. The number of pyridine rings is 1. The zero-order valence-corrected chi connectivity index (χ0v) is 24.9. The van der Waals surface area contributed by atoms with E-state index in [9.17, 15) is 13.2 Å². The third-order valence-corrected chi connectivity index (χ3v) is 8.64. The van der Waals surface area contributed by atoms with Crippen molar-refractivity contribution in [3.8, 4) is 17.0 Å². The summed E-state index contributed by atoms with van der Waals surface area (Å²) in [5, 5.41) is 13.2. The lowest BCUT2D eigenvalue weighted by atomic mass is 9.93. The van der Waals surface area contributed by atoms with Crippen molar-refractivity contribution >= 4 is 16.7 Å². The monoisotopic (exact) mass is 596 g/mol. The van der Waals surface area contributed by atoms with E-state index in [2.05, 4.69) is 61.2 Å². The summed E-state index contributed by atoms with van der Waals surface area (Å²) in [6.45, 7) is 8.06. The van der Waals surface area contributed by atoms with Crippen LogP contribution in [0.4, 0.5) is 19.0 Å². The Balaban J connectivity index is 1.21. The summed E-state index contributed by atoms with van der Waals surface area (Å²) < 4.78 is 49.4. The first-order valence-electron chi connectivity index (χ1n) is 15.1. The average Bonchev–Trinajstić information content (AvgIpc) is 3.55. The van der Waals surface area contributed by atoms with Crippen molar-refractivity contribution in [1.82, 2.24) is 34.3 Å². The highest BCUT2D eigenvalue weighted by atomic mass is 19.4. The molecule has 0 amide bonds. The third kappa shape index (κ3) is 6.35. The van der Waals surface area contributed by atoms with Crippen molar-refractivity contribution in [2.45, 2.75) is 57.5 Å². The Bertz CT molecular complexity index is 1530. The number of aromatic nitrogens is 5. The molecule has 1 aliphatic heterocycles. The largest absolute Gasteiger partial charge is 0.486 e. The number of alkyl halides is 3. The van der Waals surface area contributed by atoms with Crippen LogP contribution in [-0.4, -0.2) is 80.2 Å². The number of nitrogens with zero attached hydrogens (tertiary/aromatic N) is 7. The molecule has 9 nitrogen and oxygen atoms in total. The molecule has 2 fully saturated rings. The van der Waals surface area contributed by atoms with Crippen molar-refractivity contribution in [3.63, 3.8) is 0 Å². The molecule has 1 N–H and O–H groups in total. The molecule has 6 rings (SSSR count). The van der Waals surface area contributed by atoms with E-state index in [1.54, 1.807) is 0 Å². The highest BCUT2D eigenvalue weighted by Crippen LogP contribution is 2.39. The summed E-state index contributed by atoms with van der Waals surface area (Å²) >= 11 is 0. The molecule has 4 heterocycles. The van der Waals surface area contributed by atoms with Gasteiger partial charge in [-0.25, -0.2) is 4.98 Å². The first-order chi connectivity index (χ1) is 20.7. The number of halogens is 3. The summed E-state index contributed by atoms with van der Waals surface area (Å²) in [4.78, 5) is 9.49. The Morgan fingerprint density at radius 1 is 0.977 bits per heavy atom. The minimum absolute atomic E-state index is 0.0977. The molecular formula is C31H39F3N8O. The minimum Gasteiger partial charge on any atom is -0.486 e. The molecule has 43 heavy (non-hydrogen) atoms. The molecule has 1 saturated carbocycles. The number of benzene rings is 1. The van der Waals surface area contributed by atoms with E-state index in [1.807, 2.05) is 19.2 Å². The molecule has 2 aliphatic rings. The average molecular weight is 597 g/mol. The fourth-order valence-corrected chi connectivity index (χ4v) is 6.25. The Morgan fingerprint density at radius 3 is 2.37 bits per heavy atom. The number of aryl methyl sites for hydroxylation is 1. The van der Waals surface area contributed by atoms with Gasteiger partial charge in [0.1, 0.15) is 11.5 Å². The highest BCUT2D eigenvalue weighted by Gasteiger charge is 2.39. The molecule has 1 saturated heterocycles. The Hall–Kier alpha value is -3.64. The maximum Gasteiger partial charge on any atom is 0.436 e. The minimum atomic E-state index is -4.52. The van der Waals surface area contributed by atoms with Crippen molar-refractivity contribution in [2.75, 3.05) is 45.1 Å². The van der Waals surface area contributed by atoms with Crippen LogP contribution in [0, 0.1) is 0 Å². The standard InChI is InChI=1S/C31H39F3N8O/c1-4-35-28-17-26-25(18-36-28)29(22-7-5-21(6-8-22)20-41-15-13-39(2)14-16-41)38-42(26)23-9-11-24(12-10-23)43-27-19-37-40(3)30(27)31(32,33)34/h5-8,17-19,23-24H,4,9-16,20H2,1-3H3,(H,35,36). The summed E-state index contributed by atoms with van der Waals surface area (Å²) in [7, 11) is 3.45. The molecule has 0 atom stereocenters. The fourth-order valence-electron chi connectivity index (χ4n) is 6.25. The molecular weight excluding hydrogens is 557 g/mol. The smallest absolute Gasteiger partial charge is 0.436 e. The van der Waals surface area contributed by atoms with Crippen molar-refractivity contribution in [1.29, 1.82) is 0 Å². The molecule has 3 aromatic heterocycles. The van der Waals surface area contributed by atoms with E-state index in [4.69, 9.17) is 9.84 Å². The van der Waals surface area contributed by atoms with Crippen LogP contribution >= 0.6 is 0 Å². The number of hydrogen-bond acceptors (Lipinski definition) is 7. The normalized spacial score (nSPS) is 20.5. The number of rotatable bonds is 8. The van der Waals surface area contributed by atoms with Gasteiger partial charge in [0.25, 0.3) is 0 Å². The Kier molecular flexibility index (Phi) is 8.32. The van der Waals surface area contributed by atoms with E-state index in [-0.39, 0.29) is 17.9 Å². The second kappa shape index (κ2) is 12.2. The van der Waals surface area contributed by atoms with Gasteiger partial charge in [-0.1, -0.05) is 24.3 Å². The van der Waals surface area contributed by atoms with Gasteiger partial charge in [0.15, 0.2) is 11.4 Å². The maximum absolute atomic E-state index is 13.5. The molecule has 0 bridgehead atoms. The molecule has 12 heteroatoms. The highest BCUT2D eigenvalue weighted by molar-refractivity contribution is 5.94. The van der Waals surface area contributed by atoms with Gasteiger partial charge in [0.05, 0.1) is 23.9 Å². The summed E-state index contributed by atoms with van der Waals surface area (Å²) in [5.41, 5.74) is 3.36. The van der Waals surface area contributed by atoms with Crippen LogP contribution in [0.25, 0.3) is 22.2 Å². The molecule has 4 aromatic rings. The SMILES string of the molecule is CCNc1cc2c(cn1)c(-c1ccc(CN3CCN(C)CC3)cc1)nn2C1CCC(Oc2cnn(C)c2C(F)(F)F)CC1. The Labute approximate surface area is 249 Å². The van der Waals surface area contributed by atoms with Gasteiger partial charge >= 0.3 is 6.18 Å². The lowest BCUT2D eigenvalue weighted by Crippen LogP contribution is -2.43. The van der Waals surface area contributed by atoms with Crippen molar-refractivity contribution < 1.29 is 17.9 Å². The van der Waals surface area contributed by atoms with Crippen LogP contribution in [0.3, 0.4) is 0 Å². The predicted molar refractivity (Wildman–Crippen MR) is 160 cm³/mol. The summed E-state index contributed by atoms with van der Waals surface area (Å²) in [6.07, 6.45) is 0.947. The van der Waals surface area contributed by atoms with E-state index in [1.165, 1.54) is 12.6 Å². The van der Waals surface area contributed by atoms with Gasteiger partial charge in [0, 0.05) is 69.5 Å². The van der Waals surface area contributed by atoms with Crippen LogP contribution in [-0.2, 0) is 19.8 Å². The van der Waals surface area contributed by atoms with Gasteiger partial charge < -0.3 is 15.0 Å². The number of fused-ring (bicyclic) bond motifs is 1. The van der Waals surface area contributed by atoms with Crippen molar-refractivity contribution in [2.24, 2.45) is 7.05 Å². The van der Waals surface area contributed by atoms with Gasteiger partial charge in [-0.3, -0.25) is 14.3 Å². The zero-order valence-electron chi connectivity index (χ0n) is 24.9.